The minimum Gasteiger partial charge on any atom is -0.301 e. The SMILES string of the molecule is Fc1ccc(Cl)cc1C(NC1CC1)c1nc2c(s1)CCC2. The van der Waals surface area contributed by atoms with E-state index in [0.717, 1.165) is 30.7 Å². The molecule has 0 bridgehead atoms. The minimum absolute atomic E-state index is 0.174. The summed E-state index contributed by atoms with van der Waals surface area (Å²) >= 11 is 7.79. The van der Waals surface area contributed by atoms with Gasteiger partial charge in [-0.15, -0.1) is 11.3 Å². The molecule has 110 valence electrons. The molecule has 2 nitrogen and oxygen atoms in total. The first-order valence-electron chi connectivity index (χ1n) is 7.40. The van der Waals surface area contributed by atoms with E-state index in [1.54, 1.807) is 23.5 Å². The summed E-state index contributed by atoms with van der Waals surface area (Å²) in [7, 11) is 0. The topological polar surface area (TPSA) is 24.9 Å². The van der Waals surface area contributed by atoms with Gasteiger partial charge in [-0.2, -0.15) is 0 Å². The Bertz CT molecular complexity index is 659. The number of rotatable bonds is 4. The highest BCUT2D eigenvalue weighted by Crippen LogP contribution is 2.36. The number of fused-ring (bicyclic) bond motifs is 1. The zero-order chi connectivity index (χ0) is 14.4. The van der Waals surface area contributed by atoms with E-state index in [4.69, 9.17) is 16.6 Å². The maximum atomic E-state index is 14.3. The molecule has 5 heteroatoms. The average Bonchev–Trinajstić information content (AvgIpc) is 3.02. The third-order valence-electron chi connectivity index (χ3n) is 4.11. The van der Waals surface area contributed by atoms with Gasteiger partial charge in [0.25, 0.3) is 0 Å². The molecule has 2 aliphatic carbocycles. The van der Waals surface area contributed by atoms with E-state index in [2.05, 4.69) is 5.32 Å². The van der Waals surface area contributed by atoms with E-state index in [1.807, 2.05) is 0 Å². The maximum absolute atomic E-state index is 14.3. The number of hydrogen-bond acceptors (Lipinski definition) is 3. The van der Waals surface area contributed by atoms with Crippen LogP contribution < -0.4 is 5.32 Å². The summed E-state index contributed by atoms with van der Waals surface area (Å²) in [4.78, 5) is 6.14. The molecule has 1 heterocycles. The van der Waals surface area contributed by atoms with Crippen molar-refractivity contribution in [3.8, 4) is 0 Å². The van der Waals surface area contributed by atoms with Crippen molar-refractivity contribution in [2.45, 2.75) is 44.2 Å². The van der Waals surface area contributed by atoms with Crippen LogP contribution in [-0.4, -0.2) is 11.0 Å². The molecular formula is C16H16ClFN2S. The number of nitrogens with one attached hydrogen (secondary N) is 1. The quantitative estimate of drug-likeness (QED) is 0.909. The van der Waals surface area contributed by atoms with Gasteiger partial charge in [0.15, 0.2) is 0 Å². The van der Waals surface area contributed by atoms with Crippen molar-refractivity contribution in [1.82, 2.24) is 10.3 Å². The smallest absolute Gasteiger partial charge is 0.128 e. The van der Waals surface area contributed by atoms with Gasteiger partial charge in [0.1, 0.15) is 10.8 Å². The number of hydrogen-bond donors (Lipinski definition) is 1. The fourth-order valence-corrected chi connectivity index (χ4v) is 4.26. The van der Waals surface area contributed by atoms with Crippen LogP contribution in [0.25, 0.3) is 0 Å². The van der Waals surface area contributed by atoms with Crippen LogP contribution in [0.4, 0.5) is 4.39 Å². The molecule has 1 atom stereocenters. The Morgan fingerprint density at radius 2 is 2.19 bits per heavy atom. The number of benzene rings is 1. The molecule has 1 aromatic heterocycles. The van der Waals surface area contributed by atoms with Crippen molar-refractivity contribution in [3.05, 3.63) is 50.2 Å². The molecule has 0 aliphatic heterocycles. The second-order valence-corrected chi connectivity index (χ2v) is 7.37. The third-order valence-corrected chi connectivity index (χ3v) is 5.57. The second-order valence-electron chi connectivity index (χ2n) is 5.82. The van der Waals surface area contributed by atoms with E-state index >= 15 is 0 Å². The van der Waals surface area contributed by atoms with E-state index in [-0.39, 0.29) is 11.9 Å². The normalized spacial score (nSPS) is 18.8. The molecule has 21 heavy (non-hydrogen) atoms. The van der Waals surface area contributed by atoms with Gasteiger partial charge in [0.05, 0.1) is 11.7 Å². The summed E-state index contributed by atoms with van der Waals surface area (Å²) in [5.74, 6) is -0.215. The number of nitrogens with zero attached hydrogens (tertiary/aromatic N) is 1. The molecule has 0 saturated heterocycles. The monoisotopic (exact) mass is 322 g/mol. The van der Waals surface area contributed by atoms with Crippen LogP contribution in [0.2, 0.25) is 5.02 Å². The molecule has 1 N–H and O–H groups in total. The molecule has 4 rings (SSSR count). The predicted octanol–water partition coefficient (Wildman–Crippen LogP) is 4.27. The molecule has 2 aliphatic rings. The van der Waals surface area contributed by atoms with Crippen molar-refractivity contribution in [2.75, 3.05) is 0 Å². The Labute approximate surface area is 132 Å². The van der Waals surface area contributed by atoms with Gasteiger partial charge in [0.2, 0.25) is 0 Å². The first-order valence-corrected chi connectivity index (χ1v) is 8.59. The molecule has 0 spiro atoms. The fourth-order valence-electron chi connectivity index (χ4n) is 2.85. The van der Waals surface area contributed by atoms with E-state index < -0.39 is 0 Å². The van der Waals surface area contributed by atoms with Crippen molar-refractivity contribution in [2.24, 2.45) is 0 Å². The summed E-state index contributed by atoms with van der Waals surface area (Å²) in [5, 5.41) is 5.08. The van der Waals surface area contributed by atoms with Gasteiger partial charge < -0.3 is 5.32 Å². The number of halogens is 2. The largest absolute Gasteiger partial charge is 0.301 e. The summed E-state index contributed by atoms with van der Waals surface area (Å²) < 4.78 is 14.3. The van der Waals surface area contributed by atoms with Crippen molar-refractivity contribution < 1.29 is 4.39 Å². The average molecular weight is 323 g/mol. The Morgan fingerprint density at radius 3 is 2.95 bits per heavy atom. The molecular weight excluding hydrogens is 307 g/mol. The lowest BCUT2D eigenvalue weighted by Gasteiger charge is -2.18. The van der Waals surface area contributed by atoms with Crippen molar-refractivity contribution in [3.63, 3.8) is 0 Å². The Morgan fingerprint density at radius 1 is 1.33 bits per heavy atom. The van der Waals surface area contributed by atoms with Crippen molar-refractivity contribution in [1.29, 1.82) is 0 Å². The van der Waals surface area contributed by atoms with E-state index in [0.29, 0.717) is 16.6 Å². The van der Waals surface area contributed by atoms with Crippen LogP contribution >= 0.6 is 22.9 Å². The van der Waals surface area contributed by atoms with Crippen LogP contribution in [0.1, 0.15) is 46.4 Å². The highest BCUT2D eigenvalue weighted by molar-refractivity contribution is 7.11. The molecule has 0 radical (unpaired) electrons. The standard InChI is InChI=1S/C16H16ClFN2S/c17-9-4-7-12(18)11(8-9)15(19-10-5-6-10)16-20-13-2-1-3-14(13)21-16/h4,7-8,10,15,19H,1-3,5-6H2. The molecule has 1 fully saturated rings. The second kappa shape index (κ2) is 5.34. The van der Waals surface area contributed by atoms with Gasteiger partial charge in [-0.1, -0.05) is 11.6 Å². The van der Waals surface area contributed by atoms with E-state index in [9.17, 15) is 4.39 Å². The summed E-state index contributed by atoms with van der Waals surface area (Å²) in [6.07, 6.45) is 5.68. The van der Waals surface area contributed by atoms with Crippen molar-refractivity contribution >= 4 is 22.9 Å². The minimum atomic E-state index is -0.215. The molecule has 1 unspecified atom stereocenters. The maximum Gasteiger partial charge on any atom is 0.128 e. The number of thiazole rings is 1. The molecule has 1 aromatic carbocycles. The lowest BCUT2D eigenvalue weighted by atomic mass is 10.1. The van der Waals surface area contributed by atoms with E-state index in [1.165, 1.54) is 23.1 Å². The van der Waals surface area contributed by atoms with Gasteiger partial charge in [-0.3, -0.25) is 0 Å². The fraction of sp³-hybridized carbons (Fsp3) is 0.438. The zero-order valence-corrected chi connectivity index (χ0v) is 13.1. The van der Waals surface area contributed by atoms with Gasteiger partial charge in [-0.05, 0) is 50.3 Å². The summed E-state index contributed by atoms with van der Waals surface area (Å²) in [6.45, 7) is 0. The van der Waals surface area contributed by atoms with Gasteiger partial charge >= 0.3 is 0 Å². The van der Waals surface area contributed by atoms with Crippen LogP contribution in [0.3, 0.4) is 0 Å². The van der Waals surface area contributed by atoms with Crippen LogP contribution in [0, 0.1) is 5.82 Å². The van der Waals surface area contributed by atoms with Gasteiger partial charge in [-0.25, -0.2) is 9.37 Å². The van der Waals surface area contributed by atoms with Gasteiger partial charge in [0, 0.05) is 21.5 Å². The molecule has 1 saturated carbocycles. The lowest BCUT2D eigenvalue weighted by Crippen LogP contribution is -2.25. The first-order chi connectivity index (χ1) is 10.2. The first kappa shape index (κ1) is 13.7. The highest BCUT2D eigenvalue weighted by Gasteiger charge is 2.31. The number of aromatic nitrogens is 1. The predicted molar refractivity (Wildman–Crippen MR) is 83.5 cm³/mol. The Balaban J connectivity index is 1.74. The third kappa shape index (κ3) is 2.72. The van der Waals surface area contributed by atoms with Crippen LogP contribution in [-0.2, 0) is 12.8 Å². The summed E-state index contributed by atoms with van der Waals surface area (Å²) in [5.41, 5.74) is 1.82. The molecule has 0 amide bonds. The van der Waals surface area contributed by atoms with Crippen LogP contribution in [0.5, 0.6) is 0 Å². The highest BCUT2D eigenvalue weighted by atomic mass is 35.5. The number of aryl methyl sites for hydroxylation is 2. The molecule has 2 aromatic rings. The Hall–Kier alpha value is -0.970. The lowest BCUT2D eigenvalue weighted by molar-refractivity contribution is 0.544. The Kier molecular flexibility index (Phi) is 3.48. The summed E-state index contributed by atoms with van der Waals surface area (Å²) in [6, 6.07) is 5.07. The zero-order valence-electron chi connectivity index (χ0n) is 11.5. The van der Waals surface area contributed by atoms with Crippen LogP contribution in [0.15, 0.2) is 18.2 Å².